The minimum atomic E-state index is -0.538. The third kappa shape index (κ3) is 8.44. The number of hydrogen-bond acceptors (Lipinski definition) is 0. The first-order chi connectivity index (χ1) is 5.73. The molecule has 80 valence electrons. The van der Waals surface area contributed by atoms with Gasteiger partial charge in [-0.3, -0.25) is 0 Å². The molecule has 0 amide bonds. The van der Waals surface area contributed by atoms with Crippen LogP contribution in [0.15, 0.2) is 0 Å². The molecular formula is C12H28AlLi. The van der Waals surface area contributed by atoms with Crippen LogP contribution in [-0.4, -0.2) is 14.1 Å². The summed E-state index contributed by atoms with van der Waals surface area (Å²) in [5, 5.41) is 3.03. The van der Waals surface area contributed by atoms with Gasteiger partial charge in [0.2, 0.25) is 0 Å². The predicted molar refractivity (Wildman–Crippen MR) is 65.9 cm³/mol. The Bertz CT molecular complexity index is 131. The maximum Gasteiger partial charge on any atom is 1.00 e. The first-order valence-electron chi connectivity index (χ1n) is 5.73. The molecule has 0 aromatic carbocycles. The molecule has 0 radical (unpaired) electrons. The van der Waals surface area contributed by atoms with E-state index in [0.29, 0.717) is 4.28 Å². The molecular weight excluding hydrogens is 178 g/mol. The molecule has 0 N–H and O–H groups in total. The Morgan fingerprint density at radius 3 is 1.36 bits per heavy atom. The van der Waals surface area contributed by atoms with Crippen LogP contribution in [0.25, 0.3) is 0 Å². The quantitative estimate of drug-likeness (QED) is 0.614. The van der Waals surface area contributed by atoms with Crippen molar-refractivity contribution in [3.8, 4) is 0 Å². The van der Waals surface area contributed by atoms with E-state index >= 15 is 0 Å². The van der Waals surface area contributed by atoms with Crippen molar-refractivity contribution in [2.24, 2.45) is 11.8 Å². The fraction of sp³-hybridized carbons (Fsp3) is 1.00. The second-order valence-electron chi connectivity index (χ2n) is 6.32. The Kier molecular flexibility index (Phi) is 9.28. The van der Waals surface area contributed by atoms with Crippen molar-refractivity contribution >= 4 is 14.1 Å². The molecule has 0 aliphatic heterocycles. The van der Waals surface area contributed by atoms with Crippen LogP contribution < -0.4 is 18.9 Å². The molecule has 0 aromatic heterocycles. The summed E-state index contributed by atoms with van der Waals surface area (Å²) in [4.78, 5) is 0. The molecule has 0 aliphatic rings. The summed E-state index contributed by atoms with van der Waals surface area (Å²) in [5.74, 6) is 1.80. The molecule has 0 aromatic rings. The molecule has 0 nitrogen and oxygen atoms in total. The average Bonchev–Trinajstić information content (AvgIpc) is 1.81. The molecule has 0 unspecified atom stereocenters. The molecule has 14 heavy (non-hydrogen) atoms. The zero-order chi connectivity index (χ0) is 10.6. The van der Waals surface area contributed by atoms with Gasteiger partial charge in [0.05, 0.1) is 0 Å². The standard InChI is InChI=1S/3C4H9.Al.Li.H/c3*1-4(2)3;;;/h1-3H3;2*4H,1H2,2-3H3;;;/q;;;;+1;-1. The second-order valence-corrected chi connectivity index (χ2v) is 10.4. The summed E-state index contributed by atoms with van der Waals surface area (Å²) in [5.41, 5.74) is 0. The number of rotatable bonds is 4. The Hall–Kier alpha value is 1.13. The van der Waals surface area contributed by atoms with Crippen molar-refractivity contribution in [2.45, 2.75) is 63.3 Å². The predicted octanol–water partition coefficient (Wildman–Crippen LogP) is 1.71. The van der Waals surface area contributed by atoms with Gasteiger partial charge in [-0.1, -0.05) is 75.1 Å². The van der Waals surface area contributed by atoms with Gasteiger partial charge in [0.25, 0.3) is 14.1 Å². The molecule has 0 saturated carbocycles. The normalized spacial score (nSPS) is 11.8. The van der Waals surface area contributed by atoms with Crippen LogP contribution in [0.5, 0.6) is 0 Å². The van der Waals surface area contributed by atoms with Gasteiger partial charge in [-0.25, -0.2) is 0 Å². The van der Waals surface area contributed by atoms with Crippen LogP contribution in [0.1, 0.15) is 49.9 Å². The summed E-state index contributed by atoms with van der Waals surface area (Å²) in [6.07, 6.45) is 0. The van der Waals surface area contributed by atoms with E-state index in [1.807, 2.05) is 0 Å². The summed E-state index contributed by atoms with van der Waals surface area (Å²) in [7, 11) is 0. The van der Waals surface area contributed by atoms with E-state index in [2.05, 4.69) is 48.5 Å². The minimum absolute atomic E-state index is 0. The van der Waals surface area contributed by atoms with E-state index in [-0.39, 0.29) is 20.3 Å². The van der Waals surface area contributed by atoms with Crippen molar-refractivity contribution in [1.82, 2.24) is 0 Å². The average molecular weight is 206 g/mol. The van der Waals surface area contributed by atoms with Crippen LogP contribution in [0.4, 0.5) is 0 Å². The summed E-state index contributed by atoms with van der Waals surface area (Å²) in [6.45, 7) is 16.8. The van der Waals surface area contributed by atoms with E-state index in [0.717, 1.165) is 11.8 Å². The van der Waals surface area contributed by atoms with Crippen molar-refractivity contribution < 1.29 is 20.3 Å². The third-order valence-electron chi connectivity index (χ3n) is 2.74. The molecule has 0 rings (SSSR count). The molecule has 0 heterocycles. The molecule has 0 saturated heterocycles. The van der Waals surface area contributed by atoms with Crippen molar-refractivity contribution in [1.29, 1.82) is 0 Å². The smallest absolute Gasteiger partial charge is 1.00 e. The van der Waals surface area contributed by atoms with E-state index in [9.17, 15) is 0 Å². The largest absolute Gasteiger partial charge is 1.00 e. The van der Waals surface area contributed by atoms with Gasteiger partial charge in [-0.05, 0) is 0 Å². The van der Waals surface area contributed by atoms with E-state index < -0.39 is 14.1 Å². The van der Waals surface area contributed by atoms with Crippen LogP contribution in [-0.2, 0) is 0 Å². The Balaban J connectivity index is -0.000000720. The van der Waals surface area contributed by atoms with Gasteiger partial charge in [-0.15, -0.1) is 0 Å². The Morgan fingerprint density at radius 2 is 1.21 bits per heavy atom. The molecule has 0 spiro atoms. The van der Waals surface area contributed by atoms with Crippen LogP contribution in [0, 0.1) is 11.8 Å². The Morgan fingerprint density at radius 1 is 0.929 bits per heavy atom. The summed E-state index contributed by atoms with van der Waals surface area (Å²) >= 11 is -0.538. The van der Waals surface area contributed by atoms with Crippen LogP contribution >= 0.6 is 0 Å². The maximum atomic E-state index is 2.44. The molecule has 0 atom stereocenters. The zero-order valence-corrected chi connectivity index (χ0v) is 12.8. The molecule has 0 bridgehead atoms. The van der Waals surface area contributed by atoms with Crippen molar-refractivity contribution in [2.75, 3.05) is 0 Å². The topological polar surface area (TPSA) is 0 Å². The molecule has 2 heteroatoms. The van der Waals surface area contributed by atoms with Gasteiger partial charge >= 0.3 is 18.9 Å². The minimum Gasteiger partial charge on any atom is -1.00 e. The Labute approximate surface area is 109 Å². The van der Waals surface area contributed by atoms with Gasteiger partial charge < -0.3 is 1.43 Å². The fourth-order valence-electron chi connectivity index (χ4n) is 1.94. The van der Waals surface area contributed by atoms with Gasteiger partial charge in [0, 0.05) is 0 Å². The number of hydrogen-bond donors (Lipinski definition) is 0. The second kappa shape index (κ2) is 7.41. The van der Waals surface area contributed by atoms with E-state index in [4.69, 9.17) is 0 Å². The van der Waals surface area contributed by atoms with Crippen LogP contribution in [0.2, 0.25) is 14.8 Å². The summed E-state index contributed by atoms with van der Waals surface area (Å²) < 4.78 is 0.620. The van der Waals surface area contributed by atoms with Crippen molar-refractivity contribution in [3.05, 3.63) is 0 Å². The van der Waals surface area contributed by atoms with Gasteiger partial charge in [0.1, 0.15) is 0 Å². The first-order valence-corrected chi connectivity index (χ1v) is 7.94. The summed E-state index contributed by atoms with van der Waals surface area (Å²) in [6, 6.07) is 0. The van der Waals surface area contributed by atoms with Crippen LogP contribution in [0.3, 0.4) is 0 Å². The van der Waals surface area contributed by atoms with E-state index in [1.165, 1.54) is 10.6 Å². The van der Waals surface area contributed by atoms with E-state index in [1.54, 1.807) is 0 Å². The third-order valence-corrected chi connectivity index (χ3v) is 8.21. The molecule has 0 aliphatic carbocycles. The first kappa shape index (κ1) is 17.5. The zero-order valence-electron chi connectivity index (χ0n) is 12.6. The SMILES string of the molecule is CC(C)[CH2][Al]([CH2]C(C)C)[C](C)(C)C.[H-].[Li+]. The molecule has 0 fully saturated rings. The maximum absolute atomic E-state index is 2.44. The fourth-order valence-corrected chi connectivity index (χ4v) is 5.82. The monoisotopic (exact) mass is 206 g/mol. The van der Waals surface area contributed by atoms with Crippen molar-refractivity contribution in [3.63, 3.8) is 0 Å². The van der Waals surface area contributed by atoms with Gasteiger partial charge in [0.15, 0.2) is 0 Å². The van der Waals surface area contributed by atoms with Gasteiger partial charge in [-0.2, -0.15) is 0 Å².